The van der Waals surface area contributed by atoms with Crippen molar-refractivity contribution in [3.05, 3.63) is 34.0 Å². The third-order valence-electron chi connectivity index (χ3n) is 3.80. The van der Waals surface area contributed by atoms with E-state index >= 15 is 0 Å². The Balaban J connectivity index is 2.35. The molecule has 23 heavy (non-hydrogen) atoms. The number of aromatic amines is 1. The van der Waals surface area contributed by atoms with E-state index in [0.717, 1.165) is 12.4 Å². The van der Waals surface area contributed by atoms with Gasteiger partial charge in [-0.15, -0.1) is 0 Å². The number of hydrogen-bond acceptors (Lipinski definition) is 4. The summed E-state index contributed by atoms with van der Waals surface area (Å²) in [5, 5.41) is 9.81. The second-order valence-electron chi connectivity index (χ2n) is 5.06. The van der Waals surface area contributed by atoms with E-state index in [4.69, 9.17) is 5.73 Å². The normalized spacial score (nSPS) is 20.9. The largest absolute Gasteiger partial charge is 0.390 e. The standard InChI is InChI=1S/C14H14F2N6O/c1-18-13(19-5-17)11-9(4-15)20-8-3-6(16)2-7-10(8)12(11)21-22-14(7)23/h2-3,5,9,11,20H,4H2,1H3,(H,22,23)(H2,17,18,19)/t9-,11-/m1/s1. The van der Waals surface area contributed by atoms with Crippen LogP contribution in [0.1, 0.15) is 11.6 Å². The molecule has 0 radical (unpaired) electrons. The summed E-state index contributed by atoms with van der Waals surface area (Å²) in [6.07, 6.45) is 1.06. The molecule has 0 amide bonds. The van der Waals surface area contributed by atoms with Crippen LogP contribution in [0.15, 0.2) is 26.9 Å². The Morgan fingerprint density at radius 3 is 2.96 bits per heavy atom. The first-order valence-electron chi connectivity index (χ1n) is 6.86. The fourth-order valence-electron chi connectivity index (χ4n) is 2.88. The molecule has 0 aliphatic carbocycles. The van der Waals surface area contributed by atoms with Crippen LogP contribution in [0.5, 0.6) is 0 Å². The SMILES string of the molecule is CN=C(N=CN)[C@H]1c2n[nH]c(=O)c3cc(F)cc(c23)N[C@@H]1CF. The summed E-state index contributed by atoms with van der Waals surface area (Å²) in [6, 6.07) is 1.57. The van der Waals surface area contributed by atoms with Gasteiger partial charge in [-0.2, -0.15) is 5.10 Å². The van der Waals surface area contributed by atoms with E-state index in [1.54, 1.807) is 0 Å². The molecule has 9 heteroatoms. The minimum absolute atomic E-state index is 0.131. The molecule has 7 nitrogen and oxygen atoms in total. The van der Waals surface area contributed by atoms with Gasteiger partial charge in [-0.3, -0.25) is 9.79 Å². The van der Waals surface area contributed by atoms with Crippen molar-refractivity contribution in [3.8, 4) is 0 Å². The van der Waals surface area contributed by atoms with Gasteiger partial charge in [0, 0.05) is 18.1 Å². The number of nitrogens with zero attached hydrogens (tertiary/aromatic N) is 3. The number of halogens is 2. The molecule has 1 aromatic heterocycles. The van der Waals surface area contributed by atoms with E-state index in [1.807, 2.05) is 0 Å². The number of hydrogen-bond donors (Lipinski definition) is 3. The third kappa shape index (κ3) is 2.33. The first kappa shape index (κ1) is 15.1. The van der Waals surface area contributed by atoms with Gasteiger partial charge in [0.1, 0.15) is 18.3 Å². The Kier molecular flexibility index (Phi) is 3.77. The zero-order valence-electron chi connectivity index (χ0n) is 12.2. The second-order valence-corrected chi connectivity index (χ2v) is 5.06. The van der Waals surface area contributed by atoms with Crippen LogP contribution in [-0.2, 0) is 0 Å². The van der Waals surface area contributed by atoms with Crippen LogP contribution < -0.4 is 16.6 Å². The lowest BCUT2D eigenvalue weighted by Crippen LogP contribution is -2.39. The first-order valence-corrected chi connectivity index (χ1v) is 6.86. The molecule has 2 heterocycles. The number of rotatable bonds is 2. The summed E-state index contributed by atoms with van der Waals surface area (Å²) in [4.78, 5) is 19.9. The van der Waals surface area contributed by atoms with Crippen LogP contribution in [0.4, 0.5) is 14.5 Å². The minimum Gasteiger partial charge on any atom is -0.390 e. The Hall–Kier alpha value is -2.84. The number of amidine groups is 1. The molecule has 120 valence electrons. The lowest BCUT2D eigenvalue weighted by Gasteiger charge is -2.31. The lowest BCUT2D eigenvalue weighted by atomic mass is 9.87. The van der Waals surface area contributed by atoms with Crippen molar-refractivity contribution < 1.29 is 8.78 Å². The maximum atomic E-state index is 13.7. The number of nitrogens with one attached hydrogen (secondary N) is 2. The monoisotopic (exact) mass is 320 g/mol. The Morgan fingerprint density at radius 1 is 1.52 bits per heavy atom. The first-order chi connectivity index (χ1) is 11.1. The molecule has 4 N–H and O–H groups in total. The van der Waals surface area contributed by atoms with Gasteiger partial charge >= 0.3 is 0 Å². The van der Waals surface area contributed by atoms with Gasteiger partial charge in [0.25, 0.3) is 5.56 Å². The molecular weight excluding hydrogens is 306 g/mol. The van der Waals surface area contributed by atoms with E-state index in [0.29, 0.717) is 16.8 Å². The van der Waals surface area contributed by atoms with Crippen molar-refractivity contribution in [2.45, 2.75) is 12.0 Å². The number of nitrogens with two attached hydrogens (primary N) is 1. The van der Waals surface area contributed by atoms with Crippen LogP contribution in [-0.4, -0.2) is 42.1 Å². The molecule has 1 aromatic carbocycles. The van der Waals surface area contributed by atoms with Crippen LogP contribution in [0.2, 0.25) is 0 Å². The van der Waals surface area contributed by atoms with Gasteiger partial charge in [-0.25, -0.2) is 18.9 Å². The van der Waals surface area contributed by atoms with Gasteiger partial charge in [-0.05, 0) is 12.1 Å². The van der Waals surface area contributed by atoms with E-state index in [9.17, 15) is 13.6 Å². The second kappa shape index (κ2) is 5.75. The number of H-pyrrole nitrogens is 1. The highest BCUT2D eigenvalue weighted by Gasteiger charge is 2.36. The maximum absolute atomic E-state index is 13.7. The highest BCUT2D eigenvalue weighted by molar-refractivity contribution is 6.04. The molecule has 0 saturated heterocycles. The minimum atomic E-state index is -0.762. The summed E-state index contributed by atoms with van der Waals surface area (Å²) in [5.74, 6) is -0.997. The molecule has 1 aliphatic rings. The summed E-state index contributed by atoms with van der Waals surface area (Å²) >= 11 is 0. The Bertz CT molecular complexity index is 875. The van der Waals surface area contributed by atoms with E-state index in [1.165, 1.54) is 13.1 Å². The quantitative estimate of drug-likeness (QED) is 0.565. The summed E-state index contributed by atoms with van der Waals surface area (Å²) < 4.78 is 27.3. The predicted molar refractivity (Wildman–Crippen MR) is 84.5 cm³/mol. The lowest BCUT2D eigenvalue weighted by molar-refractivity contribution is 0.427. The van der Waals surface area contributed by atoms with Crippen molar-refractivity contribution in [2.75, 3.05) is 19.0 Å². The summed E-state index contributed by atoms with van der Waals surface area (Å²) in [7, 11) is 1.50. The van der Waals surface area contributed by atoms with Gasteiger partial charge in [0.15, 0.2) is 0 Å². The van der Waals surface area contributed by atoms with Gasteiger partial charge in [-0.1, -0.05) is 0 Å². The zero-order valence-corrected chi connectivity index (χ0v) is 12.2. The molecule has 0 spiro atoms. The highest BCUT2D eigenvalue weighted by Crippen LogP contribution is 2.37. The van der Waals surface area contributed by atoms with Crippen LogP contribution in [0, 0.1) is 5.82 Å². The number of benzene rings is 1. The average Bonchev–Trinajstić information content (AvgIpc) is 2.55. The van der Waals surface area contributed by atoms with Gasteiger partial charge < -0.3 is 11.1 Å². The molecule has 0 bridgehead atoms. The van der Waals surface area contributed by atoms with Crippen molar-refractivity contribution in [2.24, 2.45) is 15.7 Å². The van der Waals surface area contributed by atoms with Gasteiger partial charge in [0.05, 0.1) is 29.4 Å². The fourth-order valence-corrected chi connectivity index (χ4v) is 2.88. The average molecular weight is 320 g/mol. The summed E-state index contributed by atoms with van der Waals surface area (Å²) in [5.41, 5.74) is 5.49. The van der Waals surface area contributed by atoms with Crippen molar-refractivity contribution in [1.29, 1.82) is 0 Å². The summed E-state index contributed by atoms with van der Waals surface area (Å²) in [6.45, 7) is -0.762. The molecule has 1 aliphatic heterocycles. The van der Waals surface area contributed by atoms with Crippen LogP contribution >= 0.6 is 0 Å². The van der Waals surface area contributed by atoms with Crippen molar-refractivity contribution in [1.82, 2.24) is 10.2 Å². The molecule has 0 unspecified atom stereocenters. The molecule has 3 rings (SSSR count). The fraction of sp³-hybridized carbons (Fsp3) is 0.286. The maximum Gasteiger partial charge on any atom is 0.272 e. The van der Waals surface area contributed by atoms with Crippen molar-refractivity contribution >= 4 is 28.6 Å². The topological polar surface area (TPSA) is 109 Å². The van der Waals surface area contributed by atoms with E-state index in [-0.39, 0.29) is 11.2 Å². The van der Waals surface area contributed by atoms with Crippen molar-refractivity contribution in [3.63, 3.8) is 0 Å². The molecular formula is C14H14F2N6O. The Labute approximate surface area is 129 Å². The highest BCUT2D eigenvalue weighted by atomic mass is 19.1. The van der Waals surface area contributed by atoms with E-state index in [2.05, 4.69) is 25.5 Å². The zero-order chi connectivity index (χ0) is 16.6. The van der Waals surface area contributed by atoms with Gasteiger partial charge in [0.2, 0.25) is 0 Å². The molecule has 0 fully saturated rings. The van der Waals surface area contributed by atoms with Crippen LogP contribution in [0.25, 0.3) is 10.8 Å². The molecule has 0 saturated carbocycles. The third-order valence-corrected chi connectivity index (χ3v) is 3.80. The molecule has 2 atom stereocenters. The molecule has 2 aromatic rings. The number of alkyl halides is 1. The Morgan fingerprint density at radius 2 is 2.30 bits per heavy atom. The van der Waals surface area contributed by atoms with E-state index < -0.39 is 30.0 Å². The smallest absolute Gasteiger partial charge is 0.272 e. The number of aromatic nitrogens is 2. The number of aliphatic imine (C=N–C) groups is 2. The number of anilines is 1. The predicted octanol–water partition coefficient (Wildman–Crippen LogP) is 0.925. The van der Waals surface area contributed by atoms with Crippen LogP contribution in [0.3, 0.4) is 0 Å².